The number of rotatable bonds is 5. The molecule has 0 aliphatic carbocycles. The number of hydrogen-bond donors (Lipinski definition) is 0. The Hall–Kier alpha value is -1.91. The summed E-state index contributed by atoms with van der Waals surface area (Å²) in [6, 6.07) is 2.10. The van der Waals surface area contributed by atoms with Gasteiger partial charge in [0.2, 0.25) is 0 Å². The molecule has 1 fully saturated rings. The van der Waals surface area contributed by atoms with Crippen molar-refractivity contribution in [3.8, 4) is 0 Å². The van der Waals surface area contributed by atoms with Gasteiger partial charge in [-0.3, -0.25) is 0 Å². The third kappa shape index (κ3) is 2.53. The second-order valence-corrected chi connectivity index (χ2v) is 5.34. The van der Waals surface area contributed by atoms with Crippen LogP contribution in [0, 0.1) is 5.92 Å². The first-order valence-electron chi connectivity index (χ1n) is 7.36. The smallest absolute Gasteiger partial charge is 0.132 e. The van der Waals surface area contributed by atoms with E-state index < -0.39 is 0 Å². The maximum atomic E-state index is 4.37. The summed E-state index contributed by atoms with van der Waals surface area (Å²) in [6.45, 7) is 7.48. The molecule has 0 spiro atoms. The van der Waals surface area contributed by atoms with Gasteiger partial charge in [0.15, 0.2) is 0 Å². The fraction of sp³-hybridized carbons (Fsp3) is 0.533. The summed E-state index contributed by atoms with van der Waals surface area (Å²) in [5.74, 6) is 2.93. The van der Waals surface area contributed by atoms with Gasteiger partial charge >= 0.3 is 0 Å². The van der Waals surface area contributed by atoms with E-state index in [1.807, 2.05) is 6.20 Å². The molecule has 0 radical (unpaired) electrons. The highest BCUT2D eigenvalue weighted by molar-refractivity contribution is 5.41. The Morgan fingerprint density at radius 1 is 1.15 bits per heavy atom. The summed E-state index contributed by atoms with van der Waals surface area (Å²) in [4.78, 5) is 15.3. The third-order valence-electron chi connectivity index (χ3n) is 3.93. The van der Waals surface area contributed by atoms with Crippen LogP contribution >= 0.6 is 0 Å². The van der Waals surface area contributed by atoms with E-state index in [0.29, 0.717) is 5.92 Å². The minimum atomic E-state index is 0.689. The first-order valence-corrected chi connectivity index (χ1v) is 7.36. The first-order chi connectivity index (χ1) is 9.80. The predicted molar refractivity (Wildman–Crippen MR) is 78.7 cm³/mol. The molecule has 3 heterocycles. The zero-order chi connectivity index (χ0) is 13.9. The summed E-state index contributed by atoms with van der Waals surface area (Å²) in [7, 11) is 0. The zero-order valence-electron chi connectivity index (χ0n) is 12.2. The van der Waals surface area contributed by atoms with E-state index in [2.05, 4.69) is 50.5 Å². The molecule has 1 saturated heterocycles. The van der Waals surface area contributed by atoms with Crippen LogP contribution in [0.4, 0.5) is 5.82 Å². The lowest BCUT2D eigenvalue weighted by Crippen LogP contribution is -2.49. The van der Waals surface area contributed by atoms with Crippen LogP contribution in [0.3, 0.4) is 0 Å². The van der Waals surface area contributed by atoms with E-state index in [1.165, 1.54) is 5.82 Å². The van der Waals surface area contributed by atoms with Gasteiger partial charge in [0.05, 0.1) is 0 Å². The van der Waals surface area contributed by atoms with Gasteiger partial charge in [-0.05, 0) is 6.42 Å². The Balaban J connectivity index is 1.58. The second kappa shape index (κ2) is 5.61. The van der Waals surface area contributed by atoms with E-state index in [9.17, 15) is 0 Å². The molecule has 2 aromatic rings. The maximum Gasteiger partial charge on any atom is 0.132 e. The highest BCUT2D eigenvalue weighted by atomic mass is 15.3. The van der Waals surface area contributed by atoms with Gasteiger partial charge in [0.1, 0.15) is 18.0 Å². The first kappa shape index (κ1) is 13.1. The Bertz CT molecular complexity index is 571. The summed E-state index contributed by atoms with van der Waals surface area (Å²) in [6.07, 6.45) is 7.61. The molecule has 0 amide bonds. The highest BCUT2D eigenvalue weighted by Gasteiger charge is 2.28. The van der Waals surface area contributed by atoms with Gasteiger partial charge in [-0.1, -0.05) is 13.8 Å². The molecule has 0 aromatic carbocycles. The number of aryl methyl sites for hydroxylation is 2. The van der Waals surface area contributed by atoms with Crippen LogP contribution in [0.25, 0.3) is 0 Å². The van der Waals surface area contributed by atoms with Crippen LogP contribution in [0.5, 0.6) is 0 Å². The fourth-order valence-corrected chi connectivity index (χ4v) is 2.72. The molecule has 1 aliphatic rings. The molecule has 0 bridgehead atoms. The van der Waals surface area contributed by atoms with Crippen molar-refractivity contribution in [1.82, 2.24) is 19.5 Å². The van der Waals surface area contributed by atoms with Crippen molar-refractivity contribution in [3.63, 3.8) is 0 Å². The highest BCUT2D eigenvalue weighted by Crippen LogP contribution is 2.24. The molecule has 106 valence electrons. The van der Waals surface area contributed by atoms with Crippen molar-refractivity contribution in [2.45, 2.75) is 33.2 Å². The average Bonchev–Trinajstić information content (AvgIpc) is 2.89. The fourth-order valence-electron chi connectivity index (χ4n) is 2.72. The number of nitrogens with zero attached hydrogens (tertiary/aromatic N) is 5. The van der Waals surface area contributed by atoms with Crippen molar-refractivity contribution in [2.24, 2.45) is 5.92 Å². The minimum Gasteiger partial charge on any atom is -0.356 e. The lowest BCUT2D eigenvalue weighted by Gasteiger charge is -2.40. The monoisotopic (exact) mass is 271 g/mol. The zero-order valence-corrected chi connectivity index (χ0v) is 12.2. The lowest BCUT2D eigenvalue weighted by molar-refractivity contribution is 0.351. The van der Waals surface area contributed by atoms with Gasteiger partial charge in [-0.15, -0.1) is 0 Å². The molecule has 1 aliphatic heterocycles. The molecular weight excluding hydrogens is 250 g/mol. The van der Waals surface area contributed by atoms with Crippen LogP contribution in [-0.4, -0.2) is 32.6 Å². The topological polar surface area (TPSA) is 46.8 Å². The second-order valence-electron chi connectivity index (χ2n) is 5.34. The number of imidazole rings is 1. The van der Waals surface area contributed by atoms with Crippen LogP contribution in [0.15, 0.2) is 24.8 Å². The summed E-state index contributed by atoms with van der Waals surface area (Å²) < 4.78 is 2.28. The molecular formula is C15H21N5. The minimum absolute atomic E-state index is 0.689. The molecule has 20 heavy (non-hydrogen) atoms. The normalized spacial score (nSPS) is 15.4. The van der Waals surface area contributed by atoms with E-state index in [1.54, 1.807) is 6.33 Å². The van der Waals surface area contributed by atoms with Gasteiger partial charge in [-0.25, -0.2) is 15.0 Å². The number of anilines is 1. The maximum absolute atomic E-state index is 4.37. The van der Waals surface area contributed by atoms with Gasteiger partial charge in [0.25, 0.3) is 0 Å². The Labute approximate surface area is 119 Å². The number of aromatic nitrogens is 4. The van der Waals surface area contributed by atoms with E-state index in [-0.39, 0.29) is 0 Å². The largest absolute Gasteiger partial charge is 0.356 e. The SMILES string of the molecule is CCc1cc(N2CC(Cn3ccnc3CC)C2)ncn1. The quantitative estimate of drug-likeness (QED) is 0.833. The lowest BCUT2D eigenvalue weighted by atomic mass is 10.00. The summed E-state index contributed by atoms with van der Waals surface area (Å²) in [5.41, 5.74) is 1.11. The van der Waals surface area contributed by atoms with Gasteiger partial charge < -0.3 is 9.47 Å². The van der Waals surface area contributed by atoms with Crippen molar-refractivity contribution in [3.05, 3.63) is 36.3 Å². The molecule has 0 atom stereocenters. The van der Waals surface area contributed by atoms with Crippen molar-refractivity contribution < 1.29 is 0 Å². The average molecular weight is 271 g/mol. The summed E-state index contributed by atoms with van der Waals surface area (Å²) in [5, 5.41) is 0. The van der Waals surface area contributed by atoms with E-state index in [0.717, 1.165) is 44.0 Å². The summed E-state index contributed by atoms with van der Waals surface area (Å²) >= 11 is 0. The predicted octanol–water partition coefficient (Wildman–Crippen LogP) is 1.93. The van der Waals surface area contributed by atoms with Crippen LogP contribution in [-0.2, 0) is 19.4 Å². The van der Waals surface area contributed by atoms with Crippen LogP contribution < -0.4 is 4.90 Å². The molecule has 3 rings (SSSR count). The van der Waals surface area contributed by atoms with Crippen LogP contribution in [0.2, 0.25) is 0 Å². The van der Waals surface area contributed by atoms with E-state index in [4.69, 9.17) is 0 Å². The van der Waals surface area contributed by atoms with Crippen molar-refractivity contribution >= 4 is 5.82 Å². The molecule has 0 N–H and O–H groups in total. The third-order valence-corrected chi connectivity index (χ3v) is 3.93. The molecule has 0 saturated carbocycles. The molecule has 2 aromatic heterocycles. The Kier molecular flexibility index (Phi) is 3.67. The Morgan fingerprint density at radius 2 is 2.00 bits per heavy atom. The van der Waals surface area contributed by atoms with Gasteiger partial charge in [-0.2, -0.15) is 0 Å². The number of hydrogen-bond acceptors (Lipinski definition) is 4. The van der Waals surface area contributed by atoms with E-state index >= 15 is 0 Å². The Morgan fingerprint density at radius 3 is 2.75 bits per heavy atom. The standard InChI is InChI=1S/C15H21N5/c1-3-13-7-15(18-11-17-13)20-9-12(10-20)8-19-6-5-16-14(19)4-2/h5-7,11-12H,3-4,8-10H2,1-2H3. The van der Waals surface area contributed by atoms with Crippen molar-refractivity contribution in [1.29, 1.82) is 0 Å². The molecule has 0 unspecified atom stereocenters. The van der Waals surface area contributed by atoms with Gasteiger partial charge in [0, 0.05) is 56.1 Å². The van der Waals surface area contributed by atoms with Crippen LogP contribution in [0.1, 0.15) is 25.4 Å². The molecule has 5 nitrogen and oxygen atoms in total. The van der Waals surface area contributed by atoms with Crippen molar-refractivity contribution in [2.75, 3.05) is 18.0 Å². The molecule has 5 heteroatoms.